The van der Waals surface area contributed by atoms with E-state index < -0.39 is 12.0 Å². The highest BCUT2D eigenvalue weighted by Crippen LogP contribution is 2.35. The van der Waals surface area contributed by atoms with Crippen molar-refractivity contribution in [3.8, 4) is 11.5 Å². The number of benzene rings is 3. The third-order valence-corrected chi connectivity index (χ3v) is 8.24. The average Bonchev–Trinajstić information content (AvgIpc) is 3.31. The first kappa shape index (κ1) is 30.8. The van der Waals surface area contributed by atoms with Gasteiger partial charge in [-0.3, -0.25) is 9.36 Å². The van der Waals surface area contributed by atoms with Gasteiger partial charge in [0.15, 0.2) is 16.3 Å². The molecule has 1 aromatic heterocycles. The molecule has 2 heterocycles. The van der Waals surface area contributed by atoms with Crippen molar-refractivity contribution in [2.24, 2.45) is 4.99 Å². The highest BCUT2D eigenvalue weighted by Gasteiger charge is 2.33. The molecule has 5 rings (SSSR count). The van der Waals surface area contributed by atoms with Gasteiger partial charge < -0.3 is 14.2 Å². The van der Waals surface area contributed by atoms with Gasteiger partial charge in [-0.2, -0.15) is 0 Å². The third kappa shape index (κ3) is 6.45. The molecule has 3 aromatic carbocycles. The van der Waals surface area contributed by atoms with Gasteiger partial charge in [0.1, 0.15) is 6.61 Å². The monoisotopic (exact) mass is 608 g/mol. The Kier molecular flexibility index (Phi) is 9.60. The normalized spacial score (nSPS) is 14.5. The zero-order valence-electron chi connectivity index (χ0n) is 25.5. The van der Waals surface area contributed by atoms with E-state index in [0.717, 1.165) is 27.8 Å². The molecule has 0 saturated carbocycles. The fraction of sp³-hybridized carbons (Fsp3) is 0.250. The maximum atomic E-state index is 14.1. The molecule has 7 nitrogen and oxygen atoms in total. The summed E-state index contributed by atoms with van der Waals surface area (Å²) in [4.78, 5) is 32.5. The maximum absolute atomic E-state index is 14.1. The Morgan fingerprint density at radius 2 is 1.77 bits per heavy atom. The van der Waals surface area contributed by atoms with Crippen LogP contribution >= 0.6 is 11.3 Å². The van der Waals surface area contributed by atoms with Crippen LogP contribution in [0.3, 0.4) is 0 Å². The van der Waals surface area contributed by atoms with E-state index in [4.69, 9.17) is 19.2 Å². The molecule has 0 spiro atoms. The molecule has 0 bridgehead atoms. The zero-order valence-corrected chi connectivity index (χ0v) is 26.3. The quantitative estimate of drug-likeness (QED) is 0.159. The third-order valence-electron chi connectivity index (χ3n) is 7.25. The van der Waals surface area contributed by atoms with E-state index in [1.165, 1.54) is 11.3 Å². The van der Waals surface area contributed by atoms with Gasteiger partial charge in [0.05, 0.1) is 35.1 Å². The number of carbonyl (C=O) groups is 1. The van der Waals surface area contributed by atoms with Crippen LogP contribution < -0.4 is 24.4 Å². The van der Waals surface area contributed by atoms with Crippen LogP contribution in [0.25, 0.3) is 6.08 Å². The molecule has 0 unspecified atom stereocenters. The first-order chi connectivity index (χ1) is 21.3. The smallest absolute Gasteiger partial charge is 0.338 e. The number of thiazole rings is 1. The van der Waals surface area contributed by atoms with Crippen LogP contribution in [0.2, 0.25) is 0 Å². The van der Waals surface area contributed by atoms with Gasteiger partial charge in [-0.25, -0.2) is 9.79 Å². The van der Waals surface area contributed by atoms with Crippen molar-refractivity contribution in [1.29, 1.82) is 0 Å². The molecular formula is C36H36N2O5S. The Bertz CT molecular complexity index is 1890. The lowest BCUT2D eigenvalue weighted by Crippen LogP contribution is -2.39. The highest BCUT2D eigenvalue weighted by atomic mass is 32.1. The molecule has 1 atom stereocenters. The molecule has 4 aromatic rings. The Hall–Kier alpha value is -4.69. The number of ether oxygens (including phenoxy) is 3. The van der Waals surface area contributed by atoms with Crippen LogP contribution in [0.1, 0.15) is 54.6 Å². The fourth-order valence-corrected chi connectivity index (χ4v) is 6.28. The summed E-state index contributed by atoms with van der Waals surface area (Å²) >= 11 is 1.29. The van der Waals surface area contributed by atoms with Crippen molar-refractivity contribution in [2.75, 3.05) is 13.2 Å². The largest absolute Gasteiger partial charge is 0.490 e. The first-order valence-electron chi connectivity index (χ1n) is 14.7. The van der Waals surface area contributed by atoms with E-state index in [0.29, 0.717) is 51.7 Å². The summed E-state index contributed by atoms with van der Waals surface area (Å²) in [6.07, 6.45) is 4.22. The van der Waals surface area contributed by atoms with Gasteiger partial charge in [0.2, 0.25) is 0 Å². The topological polar surface area (TPSA) is 79.1 Å². The van der Waals surface area contributed by atoms with Crippen LogP contribution in [-0.4, -0.2) is 23.8 Å². The Morgan fingerprint density at radius 1 is 1.02 bits per heavy atom. The highest BCUT2D eigenvalue weighted by molar-refractivity contribution is 7.07. The summed E-state index contributed by atoms with van der Waals surface area (Å²) in [7, 11) is 0. The molecular weight excluding hydrogens is 572 g/mol. The minimum absolute atomic E-state index is 0.223. The molecule has 226 valence electrons. The molecule has 0 N–H and O–H groups in total. The van der Waals surface area contributed by atoms with Crippen LogP contribution in [0.4, 0.5) is 0 Å². The summed E-state index contributed by atoms with van der Waals surface area (Å²) in [5, 5.41) is 0. The van der Waals surface area contributed by atoms with Crippen molar-refractivity contribution in [2.45, 2.75) is 46.8 Å². The lowest BCUT2D eigenvalue weighted by Gasteiger charge is -2.24. The predicted octanol–water partition coefficient (Wildman–Crippen LogP) is 5.81. The second kappa shape index (κ2) is 13.7. The number of esters is 1. The molecule has 0 fully saturated rings. The molecule has 1 aliphatic heterocycles. The SMILES string of the molecule is C=CCc1cc(/C=c2/sc3n(c2=O)[C@@H](c2ccc(C)cc2)C(C(=O)OCC)=C(C)N=3)cc(OCC)c1OCc1ccccc1. The van der Waals surface area contributed by atoms with Gasteiger partial charge in [-0.15, -0.1) is 6.58 Å². The number of aromatic nitrogens is 1. The molecule has 0 saturated heterocycles. The summed E-state index contributed by atoms with van der Waals surface area (Å²) in [5.41, 5.74) is 5.29. The van der Waals surface area contributed by atoms with Gasteiger partial charge in [0, 0.05) is 5.56 Å². The number of carbonyl (C=O) groups excluding carboxylic acids is 1. The van der Waals surface area contributed by atoms with E-state index in [9.17, 15) is 9.59 Å². The summed E-state index contributed by atoms with van der Waals surface area (Å²) in [6, 6.07) is 21.0. The number of fused-ring (bicyclic) bond motifs is 1. The number of nitrogens with zero attached hydrogens (tertiary/aromatic N) is 2. The van der Waals surface area contributed by atoms with Gasteiger partial charge in [-0.1, -0.05) is 77.6 Å². The number of rotatable bonds is 11. The fourth-order valence-electron chi connectivity index (χ4n) is 5.24. The average molecular weight is 609 g/mol. The van der Waals surface area contributed by atoms with E-state index in [1.54, 1.807) is 18.4 Å². The van der Waals surface area contributed by atoms with E-state index >= 15 is 0 Å². The molecule has 44 heavy (non-hydrogen) atoms. The second-order valence-corrected chi connectivity index (χ2v) is 11.4. The lowest BCUT2D eigenvalue weighted by atomic mass is 9.95. The maximum Gasteiger partial charge on any atom is 0.338 e. The Balaban J connectivity index is 1.63. The second-order valence-electron chi connectivity index (χ2n) is 10.4. The van der Waals surface area contributed by atoms with Crippen molar-refractivity contribution in [3.05, 3.63) is 138 Å². The first-order valence-corrected chi connectivity index (χ1v) is 15.5. The molecule has 8 heteroatoms. The number of hydrogen-bond acceptors (Lipinski definition) is 7. The van der Waals surface area contributed by atoms with E-state index in [2.05, 4.69) is 6.58 Å². The molecule has 0 radical (unpaired) electrons. The van der Waals surface area contributed by atoms with Crippen LogP contribution in [0.15, 0.2) is 100 Å². The summed E-state index contributed by atoms with van der Waals surface area (Å²) in [6.45, 7) is 12.5. The summed E-state index contributed by atoms with van der Waals surface area (Å²) in [5.74, 6) is 0.776. The van der Waals surface area contributed by atoms with Crippen LogP contribution in [0, 0.1) is 6.92 Å². The Morgan fingerprint density at radius 3 is 2.45 bits per heavy atom. The minimum atomic E-state index is -0.655. The predicted molar refractivity (Wildman–Crippen MR) is 174 cm³/mol. The standard InChI is InChI=1S/C36H36N2O5S/c1-6-12-28-19-26(20-29(41-7-2)33(28)43-22-25-13-10-9-11-14-25)21-30-34(39)38-32(27-17-15-23(4)16-18-27)31(35(40)42-8-3)24(5)37-36(38)44-30/h6,9-11,13-21,32H,1,7-8,12,22H2,2-5H3/b30-21+/t32-/m0/s1. The summed E-state index contributed by atoms with van der Waals surface area (Å²) < 4.78 is 19.8. The van der Waals surface area contributed by atoms with Gasteiger partial charge in [-0.05, 0) is 69.0 Å². The van der Waals surface area contributed by atoms with Crippen molar-refractivity contribution >= 4 is 23.4 Å². The number of hydrogen-bond donors (Lipinski definition) is 0. The zero-order chi connectivity index (χ0) is 31.2. The number of allylic oxidation sites excluding steroid dienone is 2. The van der Waals surface area contributed by atoms with Gasteiger partial charge >= 0.3 is 5.97 Å². The molecule has 1 aliphatic rings. The molecule has 0 aliphatic carbocycles. The van der Waals surface area contributed by atoms with E-state index in [-0.39, 0.29) is 12.2 Å². The lowest BCUT2D eigenvalue weighted by molar-refractivity contribution is -0.139. The van der Waals surface area contributed by atoms with Crippen molar-refractivity contribution in [3.63, 3.8) is 0 Å². The van der Waals surface area contributed by atoms with Crippen molar-refractivity contribution < 1.29 is 19.0 Å². The van der Waals surface area contributed by atoms with Crippen LogP contribution in [0.5, 0.6) is 11.5 Å². The van der Waals surface area contributed by atoms with Crippen molar-refractivity contribution in [1.82, 2.24) is 4.57 Å². The Labute approximate surface area is 261 Å². The number of aryl methyl sites for hydroxylation is 1. The minimum Gasteiger partial charge on any atom is -0.490 e. The molecule has 0 amide bonds. The van der Waals surface area contributed by atoms with E-state index in [1.807, 2.05) is 92.7 Å². The van der Waals surface area contributed by atoms with Crippen LogP contribution in [-0.2, 0) is 22.6 Å². The van der Waals surface area contributed by atoms with Gasteiger partial charge in [0.25, 0.3) is 5.56 Å².